The fourth-order valence-corrected chi connectivity index (χ4v) is 1.91. The third-order valence-electron chi connectivity index (χ3n) is 2.74. The van der Waals surface area contributed by atoms with E-state index in [1.807, 2.05) is 6.92 Å². The van der Waals surface area contributed by atoms with Gasteiger partial charge < -0.3 is 14.9 Å². The number of rotatable bonds is 5. The molecule has 1 aromatic rings. The lowest BCUT2D eigenvalue weighted by atomic mass is 9.80. The molecular weight excluding hydrogens is 194 g/mol. The van der Waals surface area contributed by atoms with Crippen LogP contribution in [0.1, 0.15) is 31.5 Å². The van der Waals surface area contributed by atoms with Gasteiger partial charge in [-0.15, -0.1) is 10.2 Å². The minimum atomic E-state index is 0.319. The van der Waals surface area contributed by atoms with Crippen LogP contribution in [0.5, 0.6) is 0 Å². The first-order valence-corrected chi connectivity index (χ1v) is 5.44. The van der Waals surface area contributed by atoms with Gasteiger partial charge in [-0.3, -0.25) is 0 Å². The van der Waals surface area contributed by atoms with E-state index in [1.54, 1.807) is 0 Å². The Labute approximate surface area is 89.0 Å². The zero-order valence-electron chi connectivity index (χ0n) is 8.98. The summed E-state index contributed by atoms with van der Waals surface area (Å²) >= 11 is 0. The summed E-state index contributed by atoms with van der Waals surface area (Å²) in [7, 11) is 0. The predicted octanol–water partition coefficient (Wildman–Crippen LogP) is 0.886. The first-order chi connectivity index (χ1) is 7.31. The van der Waals surface area contributed by atoms with E-state index in [1.165, 1.54) is 0 Å². The van der Waals surface area contributed by atoms with Crippen LogP contribution in [-0.4, -0.2) is 22.9 Å². The molecule has 0 spiro atoms. The quantitative estimate of drug-likeness (QED) is 0.782. The molecule has 0 aliphatic heterocycles. The third kappa shape index (κ3) is 2.54. The number of hydrogen-bond acceptors (Lipinski definition) is 5. The highest BCUT2D eigenvalue weighted by Crippen LogP contribution is 2.32. The maximum atomic E-state index is 5.49. The zero-order valence-corrected chi connectivity index (χ0v) is 8.98. The molecule has 0 amide bonds. The van der Waals surface area contributed by atoms with Crippen molar-refractivity contribution in [3.8, 4) is 0 Å². The van der Waals surface area contributed by atoms with E-state index < -0.39 is 0 Å². The van der Waals surface area contributed by atoms with Gasteiger partial charge in [0.1, 0.15) is 0 Å². The smallest absolute Gasteiger partial charge is 0.230 e. The molecular formula is C10H17N3O2. The second kappa shape index (κ2) is 4.72. The molecule has 0 unspecified atom stereocenters. The lowest BCUT2D eigenvalue weighted by Gasteiger charge is -2.33. The molecule has 15 heavy (non-hydrogen) atoms. The van der Waals surface area contributed by atoms with Gasteiger partial charge in [0.15, 0.2) is 0 Å². The fourth-order valence-electron chi connectivity index (χ4n) is 1.91. The molecule has 0 atom stereocenters. The Balaban J connectivity index is 1.75. The van der Waals surface area contributed by atoms with E-state index in [2.05, 4.69) is 10.2 Å². The third-order valence-corrected chi connectivity index (χ3v) is 2.74. The standard InChI is InChI=1S/C10H17N3O2/c1-2-14-8-3-7(4-8)5-9-12-13-10(6-11)15-9/h7-8H,2-6,11H2,1H3. The second-order valence-electron chi connectivity index (χ2n) is 3.91. The lowest BCUT2D eigenvalue weighted by Crippen LogP contribution is -2.32. The van der Waals surface area contributed by atoms with Crippen LogP contribution >= 0.6 is 0 Å². The maximum absolute atomic E-state index is 5.49. The molecule has 0 saturated heterocycles. The van der Waals surface area contributed by atoms with E-state index in [4.69, 9.17) is 14.9 Å². The number of hydrogen-bond donors (Lipinski definition) is 1. The van der Waals surface area contributed by atoms with Crippen molar-refractivity contribution in [2.75, 3.05) is 6.61 Å². The molecule has 2 rings (SSSR count). The Kier molecular flexibility index (Phi) is 3.33. The van der Waals surface area contributed by atoms with Crippen LogP contribution in [0.3, 0.4) is 0 Å². The molecule has 2 N–H and O–H groups in total. The highest BCUT2D eigenvalue weighted by molar-refractivity contribution is 4.89. The van der Waals surface area contributed by atoms with E-state index in [0.29, 0.717) is 30.3 Å². The molecule has 1 heterocycles. The van der Waals surface area contributed by atoms with Crippen molar-refractivity contribution < 1.29 is 9.15 Å². The zero-order chi connectivity index (χ0) is 10.7. The highest BCUT2D eigenvalue weighted by atomic mass is 16.5. The van der Waals surface area contributed by atoms with Crippen molar-refractivity contribution >= 4 is 0 Å². The Hall–Kier alpha value is -0.940. The fraction of sp³-hybridized carbons (Fsp3) is 0.800. The molecule has 0 aromatic carbocycles. The summed E-state index contributed by atoms with van der Waals surface area (Å²) in [6.07, 6.45) is 3.51. The Morgan fingerprint density at radius 3 is 2.73 bits per heavy atom. The molecule has 5 nitrogen and oxygen atoms in total. The van der Waals surface area contributed by atoms with E-state index in [0.717, 1.165) is 25.9 Å². The highest BCUT2D eigenvalue weighted by Gasteiger charge is 2.30. The van der Waals surface area contributed by atoms with Crippen LogP contribution in [-0.2, 0) is 17.7 Å². The molecule has 0 bridgehead atoms. The summed E-state index contributed by atoms with van der Waals surface area (Å²) in [5.41, 5.74) is 5.39. The van der Waals surface area contributed by atoms with Gasteiger partial charge in [0, 0.05) is 13.0 Å². The number of nitrogens with zero attached hydrogens (tertiary/aromatic N) is 2. The van der Waals surface area contributed by atoms with Gasteiger partial charge in [0.05, 0.1) is 12.6 Å². The second-order valence-corrected chi connectivity index (χ2v) is 3.91. The normalized spacial score (nSPS) is 25.2. The summed E-state index contributed by atoms with van der Waals surface area (Å²) in [6, 6.07) is 0. The van der Waals surface area contributed by atoms with Crippen LogP contribution in [0.15, 0.2) is 4.42 Å². The Morgan fingerprint density at radius 1 is 1.40 bits per heavy atom. The van der Waals surface area contributed by atoms with E-state index in [9.17, 15) is 0 Å². The topological polar surface area (TPSA) is 74.2 Å². The number of nitrogens with two attached hydrogens (primary N) is 1. The molecule has 5 heteroatoms. The molecule has 0 radical (unpaired) electrons. The molecule has 1 fully saturated rings. The molecule has 1 aliphatic rings. The van der Waals surface area contributed by atoms with E-state index in [-0.39, 0.29) is 0 Å². The van der Waals surface area contributed by atoms with E-state index >= 15 is 0 Å². The van der Waals surface area contributed by atoms with Gasteiger partial charge in [0.2, 0.25) is 11.8 Å². The summed E-state index contributed by atoms with van der Waals surface area (Å²) in [5, 5.41) is 7.77. The molecule has 1 aromatic heterocycles. The maximum Gasteiger partial charge on any atom is 0.230 e. The van der Waals surface area contributed by atoms with Crippen molar-refractivity contribution in [3.63, 3.8) is 0 Å². The van der Waals surface area contributed by atoms with Crippen molar-refractivity contribution in [1.82, 2.24) is 10.2 Å². The minimum Gasteiger partial charge on any atom is -0.424 e. The number of aromatic nitrogens is 2. The van der Waals surface area contributed by atoms with Gasteiger partial charge in [-0.2, -0.15) is 0 Å². The number of ether oxygens (including phenoxy) is 1. The van der Waals surface area contributed by atoms with Gasteiger partial charge >= 0.3 is 0 Å². The van der Waals surface area contributed by atoms with Gasteiger partial charge in [-0.25, -0.2) is 0 Å². The Morgan fingerprint density at radius 2 is 2.13 bits per heavy atom. The molecule has 1 saturated carbocycles. The summed E-state index contributed by atoms with van der Waals surface area (Å²) in [4.78, 5) is 0. The summed E-state index contributed by atoms with van der Waals surface area (Å²) < 4.78 is 10.8. The lowest BCUT2D eigenvalue weighted by molar-refractivity contribution is -0.0255. The van der Waals surface area contributed by atoms with Crippen molar-refractivity contribution in [3.05, 3.63) is 11.8 Å². The van der Waals surface area contributed by atoms with Crippen LogP contribution < -0.4 is 5.73 Å². The van der Waals surface area contributed by atoms with Crippen LogP contribution in [0.2, 0.25) is 0 Å². The largest absolute Gasteiger partial charge is 0.424 e. The van der Waals surface area contributed by atoms with Gasteiger partial charge in [-0.05, 0) is 25.7 Å². The van der Waals surface area contributed by atoms with Gasteiger partial charge in [0.25, 0.3) is 0 Å². The Bertz CT molecular complexity index is 307. The van der Waals surface area contributed by atoms with Crippen molar-refractivity contribution in [1.29, 1.82) is 0 Å². The van der Waals surface area contributed by atoms with Crippen LogP contribution in [0.25, 0.3) is 0 Å². The average Bonchev–Trinajstić information content (AvgIpc) is 2.62. The average molecular weight is 211 g/mol. The van der Waals surface area contributed by atoms with Crippen LogP contribution in [0, 0.1) is 5.92 Å². The van der Waals surface area contributed by atoms with Gasteiger partial charge in [-0.1, -0.05) is 0 Å². The summed E-state index contributed by atoms with van der Waals surface area (Å²) in [6.45, 7) is 3.15. The molecule has 84 valence electrons. The first-order valence-electron chi connectivity index (χ1n) is 5.44. The first kappa shape index (κ1) is 10.6. The van der Waals surface area contributed by atoms with Crippen molar-refractivity contribution in [2.45, 2.75) is 38.8 Å². The summed E-state index contributed by atoms with van der Waals surface area (Å²) in [5.74, 6) is 1.86. The SMILES string of the molecule is CCOC1CC(Cc2nnc(CN)o2)C1. The molecule has 1 aliphatic carbocycles. The minimum absolute atomic E-state index is 0.319. The van der Waals surface area contributed by atoms with Crippen LogP contribution in [0.4, 0.5) is 0 Å². The monoisotopic (exact) mass is 211 g/mol. The van der Waals surface area contributed by atoms with Crippen molar-refractivity contribution in [2.24, 2.45) is 11.7 Å². The predicted molar refractivity (Wildman–Crippen MR) is 54.0 cm³/mol.